The highest BCUT2D eigenvalue weighted by Crippen LogP contribution is 2.39. The van der Waals surface area contributed by atoms with Gasteiger partial charge in [-0.25, -0.2) is 4.98 Å². The molecule has 2 aromatic rings. The second-order valence-electron chi connectivity index (χ2n) is 4.40. The molecule has 0 aliphatic heterocycles. The van der Waals surface area contributed by atoms with E-state index < -0.39 is 0 Å². The summed E-state index contributed by atoms with van der Waals surface area (Å²) >= 11 is 0. The van der Waals surface area contributed by atoms with E-state index in [1.54, 1.807) is 14.2 Å². The minimum atomic E-state index is 0.658. The lowest BCUT2D eigenvalue weighted by Crippen LogP contribution is -2.04. The lowest BCUT2D eigenvalue weighted by molar-refractivity contribution is 0.356. The van der Waals surface area contributed by atoms with Crippen molar-refractivity contribution in [2.45, 2.75) is 26.8 Å². The van der Waals surface area contributed by atoms with Crippen molar-refractivity contribution in [3.63, 3.8) is 0 Å². The van der Waals surface area contributed by atoms with Crippen LogP contribution in [0.4, 0.5) is 5.82 Å². The van der Waals surface area contributed by atoms with E-state index in [0.717, 1.165) is 30.0 Å². The normalized spacial score (nSPS) is 10.6. The number of nitrogens with zero attached hydrogens (tertiary/aromatic N) is 2. The van der Waals surface area contributed by atoms with E-state index in [1.807, 2.05) is 22.8 Å². The zero-order valence-electron chi connectivity index (χ0n) is 12.4. The molecule has 5 heteroatoms. The lowest BCUT2D eigenvalue weighted by Gasteiger charge is -2.11. The summed E-state index contributed by atoms with van der Waals surface area (Å²) in [6.07, 6.45) is 0.838. The molecule has 0 spiro atoms. The molecule has 0 unspecified atom stereocenters. The molecule has 0 amide bonds. The summed E-state index contributed by atoms with van der Waals surface area (Å²) in [7, 11) is 3.24. The monoisotopic (exact) mass is 275 g/mol. The molecule has 0 radical (unpaired) electrons. The van der Waals surface area contributed by atoms with Crippen LogP contribution in [0.2, 0.25) is 0 Å². The van der Waals surface area contributed by atoms with Gasteiger partial charge < -0.3 is 19.8 Å². The van der Waals surface area contributed by atoms with Gasteiger partial charge in [0.15, 0.2) is 11.5 Å². The van der Waals surface area contributed by atoms with E-state index in [1.165, 1.54) is 0 Å². The highest BCUT2D eigenvalue weighted by molar-refractivity contribution is 5.78. The number of rotatable bonds is 5. The average Bonchev–Trinajstić information content (AvgIpc) is 2.81. The number of anilines is 1. The van der Waals surface area contributed by atoms with Crippen molar-refractivity contribution in [1.82, 2.24) is 9.55 Å². The summed E-state index contributed by atoms with van der Waals surface area (Å²) in [4.78, 5) is 4.66. The maximum Gasteiger partial charge on any atom is 0.170 e. The zero-order valence-corrected chi connectivity index (χ0v) is 12.4. The fraction of sp³-hybridized carbons (Fsp3) is 0.400. The number of methoxy groups -OCH3 is 2. The molecule has 2 rings (SSSR count). The Morgan fingerprint density at radius 3 is 2.45 bits per heavy atom. The van der Waals surface area contributed by atoms with Crippen molar-refractivity contribution >= 4 is 5.82 Å². The van der Waals surface area contributed by atoms with Crippen LogP contribution in [0, 0.1) is 0 Å². The predicted octanol–water partition coefficient (Wildman–Crippen LogP) is 2.73. The van der Waals surface area contributed by atoms with Crippen LogP contribution in [0.5, 0.6) is 11.5 Å². The Kier molecular flexibility index (Phi) is 4.17. The Hall–Kier alpha value is -2.17. The van der Waals surface area contributed by atoms with E-state index >= 15 is 0 Å². The van der Waals surface area contributed by atoms with E-state index in [2.05, 4.69) is 18.8 Å². The number of ether oxygens (including phenoxy) is 2. The van der Waals surface area contributed by atoms with Crippen LogP contribution in [-0.2, 0) is 13.0 Å². The predicted molar refractivity (Wildman–Crippen MR) is 80.2 cm³/mol. The van der Waals surface area contributed by atoms with Crippen LogP contribution in [0.1, 0.15) is 19.7 Å². The zero-order chi connectivity index (χ0) is 14.7. The van der Waals surface area contributed by atoms with Gasteiger partial charge in [0.05, 0.1) is 14.2 Å². The number of nitrogens with two attached hydrogens (primary N) is 1. The fourth-order valence-corrected chi connectivity index (χ4v) is 2.41. The highest BCUT2D eigenvalue weighted by Gasteiger charge is 2.19. The first kappa shape index (κ1) is 14.2. The van der Waals surface area contributed by atoms with Crippen LogP contribution >= 0.6 is 0 Å². The van der Waals surface area contributed by atoms with Gasteiger partial charge in [-0.2, -0.15) is 0 Å². The number of nitrogen functional groups attached to an aromatic ring is 1. The second-order valence-corrected chi connectivity index (χ2v) is 4.40. The molecule has 0 bridgehead atoms. The van der Waals surface area contributed by atoms with Gasteiger partial charge in [0.25, 0.3) is 0 Å². The lowest BCUT2D eigenvalue weighted by atomic mass is 10.1. The van der Waals surface area contributed by atoms with Crippen LogP contribution in [0.25, 0.3) is 11.3 Å². The maximum absolute atomic E-state index is 6.24. The fourth-order valence-electron chi connectivity index (χ4n) is 2.41. The van der Waals surface area contributed by atoms with Gasteiger partial charge in [0.2, 0.25) is 0 Å². The minimum absolute atomic E-state index is 0.658. The summed E-state index contributed by atoms with van der Waals surface area (Å²) in [5.74, 6) is 2.97. The highest BCUT2D eigenvalue weighted by atomic mass is 16.5. The number of hydrogen-bond donors (Lipinski definition) is 1. The largest absolute Gasteiger partial charge is 0.493 e. The third-order valence-electron chi connectivity index (χ3n) is 3.38. The summed E-state index contributed by atoms with van der Waals surface area (Å²) in [6, 6.07) is 5.71. The van der Waals surface area contributed by atoms with Gasteiger partial charge >= 0.3 is 0 Å². The average molecular weight is 275 g/mol. The molecule has 0 saturated heterocycles. The van der Waals surface area contributed by atoms with Gasteiger partial charge in [-0.15, -0.1) is 0 Å². The number of benzene rings is 1. The van der Waals surface area contributed by atoms with E-state index in [0.29, 0.717) is 17.3 Å². The Bertz CT molecular complexity index is 605. The van der Waals surface area contributed by atoms with Crippen molar-refractivity contribution in [2.24, 2.45) is 0 Å². The summed E-state index contributed by atoms with van der Waals surface area (Å²) in [6.45, 7) is 4.93. The molecule has 20 heavy (non-hydrogen) atoms. The van der Waals surface area contributed by atoms with Crippen molar-refractivity contribution in [3.05, 3.63) is 24.0 Å². The molecule has 2 N–H and O–H groups in total. The summed E-state index contributed by atoms with van der Waals surface area (Å²) < 4.78 is 12.8. The molecule has 108 valence electrons. The minimum Gasteiger partial charge on any atom is -0.493 e. The van der Waals surface area contributed by atoms with Crippen molar-refractivity contribution in [1.29, 1.82) is 0 Å². The number of para-hydroxylation sites is 1. The first-order chi connectivity index (χ1) is 9.67. The van der Waals surface area contributed by atoms with Crippen LogP contribution in [0.15, 0.2) is 18.2 Å². The van der Waals surface area contributed by atoms with E-state index in [4.69, 9.17) is 15.2 Å². The molecule has 0 atom stereocenters. The molecular weight excluding hydrogens is 254 g/mol. The molecule has 0 fully saturated rings. The molecular formula is C15H21N3O2. The SMILES string of the molecule is CCc1nc(-c2cccc(OC)c2OC)c(N)n1CC. The second kappa shape index (κ2) is 5.86. The Morgan fingerprint density at radius 1 is 1.20 bits per heavy atom. The number of hydrogen-bond acceptors (Lipinski definition) is 4. The maximum atomic E-state index is 6.24. The van der Waals surface area contributed by atoms with Crippen molar-refractivity contribution < 1.29 is 9.47 Å². The molecule has 0 aliphatic carbocycles. The first-order valence-corrected chi connectivity index (χ1v) is 6.74. The van der Waals surface area contributed by atoms with Gasteiger partial charge in [-0.05, 0) is 19.1 Å². The van der Waals surface area contributed by atoms with Gasteiger partial charge in [-0.3, -0.25) is 0 Å². The van der Waals surface area contributed by atoms with Gasteiger partial charge in [0, 0.05) is 18.5 Å². The van der Waals surface area contributed by atoms with Crippen molar-refractivity contribution in [2.75, 3.05) is 20.0 Å². The van der Waals surface area contributed by atoms with Gasteiger partial charge in [-0.1, -0.05) is 13.0 Å². The van der Waals surface area contributed by atoms with E-state index in [-0.39, 0.29) is 0 Å². The molecule has 1 heterocycles. The Morgan fingerprint density at radius 2 is 1.95 bits per heavy atom. The quantitative estimate of drug-likeness (QED) is 0.911. The molecule has 1 aromatic carbocycles. The molecule has 0 saturated carbocycles. The summed E-state index contributed by atoms with van der Waals surface area (Å²) in [5.41, 5.74) is 7.84. The Labute approximate surface area is 119 Å². The van der Waals surface area contributed by atoms with Crippen LogP contribution in [-0.4, -0.2) is 23.8 Å². The topological polar surface area (TPSA) is 62.3 Å². The van der Waals surface area contributed by atoms with Crippen LogP contribution < -0.4 is 15.2 Å². The molecule has 1 aromatic heterocycles. The third kappa shape index (κ3) is 2.19. The van der Waals surface area contributed by atoms with Crippen molar-refractivity contribution in [3.8, 4) is 22.8 Å². The van der Waals surface area contributed by atoms with Gasteiger partial charge in [0.1, 0.15) is 17.3 Å². The Balaban J connectivity index is 2.65. The first-order valence-electron chi connectivity index (χ1n) is 6.74. The molecule has 5 nitrogen and oxygen atoms in total. The van der Waals surface area contributed by atoms with Crippen LogP contribution in [0.3, 0.4) is 0 Å². The molecule has 0 aliphatic rings. The number of aromatic nitrogens is 2. The summed E-state index contributed by atoms with van der Waals surface area (Å²) in [5, 5.41) is 0. The smallest absolute Gasteiger partial charge is 0.170 e. The standard InChI is InChI=1S/C15H21N3O2/c1-5-12-17-13(15(16)18(12)6-2)10-8-7-9-11(19-3)14(10)20-4/h7-9H,5-6,16H2,1-4H3. The number of imidazole rings is 1. The number of aryl methyl sites for hydroxylation is 1. The van der Waals surface area contributed by atoms with E-state index in [9.17, 15) is 0 Å². The third-order valence-corrected chi connectivity index (χ3v) is 3.38.